The molecule has 0 rings (SSSR count). The minimum Gasteiger partial charge on any atom is -0.354 e. The van der Waals surface area contributed by atoms with Crippen LogP contribution < -0.4 is 11.1 Å². The van der Waals surface area contributed by atoms with E-state index in [4.69, 9.17) is 5.73 Å². The van der Waals surface area contributed by atoms with Crippen LogP contribution in [0.15, 0.2) is 0 Å². The molecule has 0 spiro atoms. The first-order valence-electron chi connectivity index (χ1n) is 6.79. The summed E-state index contributed by atoms with van der Waals surface area (Å²) >= 11 is 0. The molecule has 0 aliphatic rings. The van der Waals surface area contributed by atoms with Gasteiger partial charge in [0.2, 0.25) is 5.91 Å². The molecular formula is C14H30N2O. The van der Waals surface area contributed by atoms with Gasteiger partial charge in [0, 0.05) is 6.54 Å². The van der Waals surface area contributed by atoms with E-state index < -0.39 is 0 Å². The molecule has 0 saturated heterocycles. The second kappa shape index (κ2) is 7.70. The van der Waals surface area contributed by atoms with Gasteiger partial charge in [-0.1, -0.05) is 41.5 Å². The van der Waals surface area contributed by atoms with Gasteiger partial charge in [-0.25, -0.2) is 0 Å². The molecule has 0 aromatic carbocycles. The average Bonchev–Trinajstić information content (AvgIpc) is 2.15. The number of nitrogens with two attached hydrogens (primary N) is 1. The molecule has 0 unspecified atom stereocenters. The molecule has 0 bridgehead atoms. The van der Waals surface area contributed by atoms with Gasteiger partial charge in [-0.3, -0.25) is 4.79 Å². The van der Waals surface area contributed by atoms with Gasteiger partial charge in [-0.15, -0.1) is 0 Å². The molecule has 0 aliphatic heterocycles. The Hall–Kier alpha value is -0.570. The van der Waals surface area contributed by atoms with E-state index in [0.29, 0.717) is 23.7 Å². The lowest BCUT2D eigenvalue weighted by Crippen LogP contribution is -2.44. The molecule has 102 valence electrons. The zero-order chi connectivity index (χ0) is 13.6. The van der Waals surface area contributed by atoms with E-state index in [1.807, 2.05) is 0 Å². The highest BCUT2D eigenvalue weighted by Crippen LogP contribution is 2.19. The number of hydrogen-bond donors (Lipinski definition) is 2. The van der Waals surface area contributed by atoms with Crippen LogP contribution in [0.25, 0.3) is 0 Å². The zero-order valence-corrected chi connectivity index (χ0v) is 12.3. The quantitative estimate of drug-likeness (QED) is 0.720. The van der Waals surface area contributed by atoms with Crippen LogP contribution in [0.2, 0.25) is 0 Å². The maximum atomic E-state index is 11.8. The summed E-state index contributed by atoms with van der Waals surface area (Å²) in [6.45, 7) is 13.7. The monoisotopic (exact) mass is 242 g/mol. The van der Waals surface area contributed by atoms with E-state index in [0.717, 1.165) is 13.0 Å². The predicted octanol–water partition coefficient (Wildman–Crippen LogP) is 2.40. The molecule has 1 amide bonds. The Kier molecular flexibility index (Phi) is 7.44. The van der Waals surface area contributed by atoms with E-state index in [1.54, 1.807) is 0 Å². The minimum atomic E-state index is -0.366. The second-order valence-electron chi connectivity index (χ2n) is 6.13. The highest BCUT2D eigenvalue weighted by Gasteiger charge is 2.20. The lowest BCUT2D eigenvalue weighted by Gasteiger charge is -2.26. The molecule has 0 heterocycles. The van der Waals surface area contributed by atoms with Gasteiger partial charge in [0.1, 0.15) is 0 Å². The Bertz CT molecular complexity index is 216. The van der Waals surface area contributed by atoms with Gasteiger partial charge in [-0.2, -0.15) is 0 Å². The van der Waals surface area contributed by atoms with Gasteiger partial charge in [0.25, 0.3) is 0 Å². The number of carbonyl (C=O) groups is 1. The predicted molar refractivity (Wildman–Crippen MR) is 73.6 cm³/mol. The molecule has 3 heteroatoms. The molecule has 0 radical (unpaired) electrons. The van der Waals surface area contributed by atoms with Gasteiger partial charge in [-0.05, 0) is 30.1 Å². The Labute approximate surface area is 107 Å². The lowest BCUT2D eigenvalue weighted by atomic mass is 9.85. The molecule has 0 fully saturated rings. The highest BCUT2D eigenvalue weighted by atomic mass is 16.2. The van der Waals surface area contributed by atoms with Crippen molar-refractivity contribution in [3.8, 4) is 0 Å². The van der Waals surface area contributed by atoms with Crippen LogP contribution in [-0.4, -0.2) is 18.5 Å². The number of carbonyl (C=O) groups excluding carboxylic acids is 1. The molecule has 0 aromatic heterocycles. The van der Waals surface area contributed by atoms with E-state index in [9.17, 15) is 4.79 Å². The first-order valence-corrected chi connectivity index (χ1v) is 6.79. The summed E-state index contributed by atoms with van der Waals surface area (Å²) in [7, 11) is 0. The fraction of sp³-hybridized carbons (Fsp3) is 0.929. The first kappa shape index (κ1) is 16.4. The summed E-state index contributed by atoms with van der Waals surface area (Å²) in [5.41, 5.74) is 5.84. The van der Waals surface area contributed by atoms with Gasteiger partial charge < -0.3 is 11.1 Å². The largest absolute Gasteiger partial charge is 0.354 e. The summed E-state index contributed by atoms with van der Waals surface area (Å²) in [5.74, 6) is 2.13. The van der Waals surface area contributed by atoms with E-state index >= 15 is 0 Å². The van der Waals surface area contributed by atoms with Crippen molar-refractivity contribution in [2.45, 2.75) is 54.0 Å². The number of nitrogens with one attached hydrogen (secondary N) is 1. The third kappa shape index (κ3) is 6.67. The fourth-order valence-corrected chi connectivity index (χ4v) is 2.21. The van der Waals surface area contributed by atoms with Crippen molar-refractivity contribution in [2.24, 2.45) is 29.4 Å². The average molecular weight is 242 g/mol. The van der Waals surface area contributed by atoms with Crippen LogP contribution >= 0.6 is 0 Å². The molecule has 0 aromatic rings. The Balaban J connectivity index is 4.12. The number of hydrogen-bond acceptors (Lipinski definition) is 2. The fourth-order valence-electron chi connectivity index (χ4n) is 2.21. The standard InChI is InChI=1S/C14H30N2O/c1-9(2)7-13(15)14(17)16-8-12(10(3)4)11(5)6/h9-13H,7-8,15H2,1-6H3,(H,16,17)/t13-/m0/s1. The Morgan fingerprint density at radius 1 is 1.06 bits per heavy atom. The van der Waals surface area contributed by atoms with Crippen molar-refractivity contribution >= 4 is 5.91 Å². The maximum Gasteiger partial charge on any atom is 0.236 e. The van der Waals surface area contributed by atoms with Gasteiger partial charge >= 0.3 is 0 Å². The molecule has 17 heavy (non-hydrogen) atoms. The highest BCUT2D eigenvalue weighted by molar-refractivity contribution is 5.81. The van der Waals surface area contributed by atoms with Gasteiger partial charge in [0.15, 0.2) is 0 Å². The van der Waals surface area contributed by atoms with Crippen LogP contribution in [0, 0.1) is 23.7 Å². The Morgan fingerprint density at radius 3 is 1.88 bits per heavy atom. The van der Waals surface area contributed by atoms with Crippen molar-refractivity contribution in [2.75, 3.05) is 6.54 Å². The maximum absolute atomic E-state index is 11.8. The molecular weight excluding hydrogens is 212 g/mol. The third-order valence-corrected chi connectivity index (χ3v) is 3.29. The van der Waals surface area contributed by atoms with Crippen LogP contribution in [0.1, 0.15) is 48.0 Å². The summed E-state index contributed by atoms with van der Waals surface area (Å²) < 4.78 is 0. The van der Waals surface area contributed by atoms with Crippen LogP contribution in [-0.2, 0) is 4.79 Å². The van der Waals surface area contributed by atoms with Crippen LogP contribution in [0.3, 0.4) is 0 Å². The third-order valence-electron chi connectivity index (χ3n) is 3.29. The summed E-state index contributed by atoms with van der Waals surface area (Å²) in [5, 5.41) is 2.99. The smallest absolute Gasteiger partial charge is 0.236 e. The second-order valence-corrected chi connectivity index (χ2v) is 6.13. The van der Waals surface area contributed by atoms with Crippen molar-refractivity contribution in [1.82, 2.24) is 5.32 Å². The van der Waals surface area contributed by atoms with E-state index in [1.165, 1.54) is 0 Å². The van der Waals surface area contributed by atoms with Crippen molar-refractivity contribution in [3.63, 3.8) is 0 Å². The van der Waals surface area contributed by atoms with Gasteiger partial charge in [0.05, 0.1) is 6.04 Å². The molecule has 1 atom stereocenters. The SMILES string of the molecule is CC(C)C[C@H](N)C(=O)NCC(C(C)C)C(C)C. The normalized spacial score (nSPS) is 13.8. The molecule has 3 N–H and O–H groups in total. The van der Waals surface area contributed by atoms with Crippen LogP contribution in [0.4, 0.5) is 0 Å². The topological polar surface area (TPSA) is 55.1 Å². The summed E-state index contributed by atoms with van der Waals surface area (Å²) in [6.07, 6.45) is 0.750. The first-order chi connectivity index (χ1) is 7.75. The van der Waals surface area contributed by atoms with E-state index in [2.05, 4.69) is 46.9 Å². The summed E-state index contributed by atoms with van der Waals surface area (Å²) in [4.78, 5) is 11.8. The van der Waals surface area contributed by atoms with Crippen molar-refractivity contribution < 1.29 is 4.79 Å². The molecule has 0 aliphatic carbocycles. The summed E-state index contributed by atoms with van der Waals surface area (Å²) in [6, 6.07) is -0.366. The van der Waals surface area contributed by atoms with Crippen molar-refractivity contribution in [1.29, 1.82) is 0 Å². The minimum absolute atomic E-state index is 0.00926. The number of rotatable bonds is 7. The molecule has 3 nitrogen and oxygen atoms in total. The Morgan fingerprint density at radius 2 is 1.53 bits per heavy atom. The zero-order valence-electron chi connectivity index (χ0n) is 12.3. The number of amides is 1. The van der Waals surface area contributed by atoms with Crippen molar-refractivity contribution in [3.05, 3.63) is 0 Å². The van der Waals surface area contributed by atoms with E-state index in [-0.39, 0.29) is 11.9 Å². The molecule has 0 saturated carbocycles. The lowest BCUT2D eigenvalue weighted by molar-refractivity contribution is -0.123. The van der Waals surface area contributed by atoms with Crippen LogP contribution in [0.5, 0.6) is 0 Å².